The van der Waals surface area contributed by atoms with Crippen LogP contribution in [-0.2, 0) is 24.2 Å². The molecule has 0 radical (unpaired) electrons. The molecule has 0 atom stereocenters. The summed E-state index contributed by atoms with van der Waals surface area (Å²) in [4.78, 5) is 15.8. The van der Waals surface area contributed by atoms with Crippen molar-refractivity contribution < 1.29 is 19.5 Å². The second kappa shape index (κ2) is 8.00. The Hall–Kier alpha value is -2.64. The highest BCUT2D eigenvalue weighted by molar-refractivity contribution is 7.98. The van der Waals surface area contributed by atoms with Gasteiger partial charge in [0.25, 0.3) is 0 Å². The molecule has 29 heavy (non-hydrogen) atoms. The van der Waals surface area contributed by atoms with Crippen molar-refractivity contribution in [2.45, 2.75) is 24.3 Å². The predicted octanol–water partition coefficient (Wildman–Crippen LogP) is 4.26. The average molecular weight is 431 g/mol. The minimum atomic E-state index is -0.217. The van der Waals surface area contributed by atoms with Crippen LogP contribution in [0.2, 0.25) is 5.02 Å². The van der Waals surface area contributed by atoms with Crippen LogP contribution in [-0.4, -0.2) is 39.0 Å². The number of rotatable bonds is 4. The molecule has 0 bridgehead atoms. The number of aromatic hydroxyl groups is 2. The molecule has 150 valence electrons. The van der Waals surface area contributed by atoms with Crippen LogP contribution in [0.4, 0.5) is 0 Å². The zero-order valence-corrected chi connectivity index (χ0v) is 17.3. The van der Waals surface area contributed by atoms with Gasteiger partial charge in [0, 0.05) is 29.5 Å². The van der Waals surface area contributed by atoms with Gasteiger partial charge in [-0.1, -0.05) is 28.9 Å². The lowest BCUT2D eigenvalue weighted by atomic mass is 10.00. The Balaban J connectivity index is 1.58. The van der Waals surface area contributed by atoms with Crippen molar-refractivity contribution in [3.05, 3.63) is 58.2 Å². The lowest BCUT2D eigenvalue weighted by molar-refractivity contribution is -0.131. The van der Waals surface area contributed by atoms with E-state index in [4.69, 9.17) is 16.1 Å². The Labute approximate surface area is 177 Å². The maximum Gasteiger partial charge on any atom is 0.227 e. The molecule has 2 heterocycles. The molecular weight excluding hydrogens is 412 g/mol. The van der Waals surface area contributed by atoms with Gasteiger partial charge in [0.1, 0.15) is 11.5 Å². The maximum atomic E-state index is 12.9. The Morgan fingerprint density at radius 1 is 1.28 bits per heavy atom. The van der Waals surface area contributed by atoms with Gasteiger partial charge in [-0.05, 0) is 30.0 Å². The van der Waals surface area contributed by atoms with Crippen molar-refractivity contribution in [1.29, 1.82) is 0 Å². The van der Waals surface area contributed by atoms with E-state index in [9.17, 15) is 15.0 Å². The molecule has 0 fully saturated rings. The van der Waals surface area contributed by atoms with Crippen LogP contribution in [0.1, 0.15) is 16.8 Å². The largest absolute Gasteiger partial charge is 0.507 e. The van der Waals surface area contributed by atoms with E-state index in [1.54, 1.807) is 16.7 Å². The number of aromatic nitrogens is 1. The molecule has 8 heteroatoms. The number of hydrogen-bond acceptors (Lipinski definition) is 6. The topological polar surface area (TPSA) is 86.8 Å². The predicted molar refractivity (Wildman–Crippen MR) is 111 cm³/mol. The summed E-state index contributed by atoms with van der Waals surface area (Å²) >= 11 is 7.63. The van der Waals surface area contributed by atoms with E-state index in [0.717, 1.165) is 27.8 Å². The fourth-order valence-electron chi connectivity index (χ4n) is 3.44. The molecule has 0 spiro atoms. The Bertz CT molecular complexity index is 1080. The Kier molecular flexibility index (Phi) is 5.43. The third-order valence-electron chi connectivity index (χ3n) is 4.99. The SMILES string of the molecule is CSc1cccc(CC(=O)N2CCc3noc(-c4cc(Cl)c(O)cc4O)c3C2)c1. The first-order valence-electron chi connectivity index (χ1n) is 9.06. The van der Waals surface area contributed by atoms with Gasteiger partial charge >= 0.3 is 0 Å². The van der Waals surface area contributed by atoms with Crippen LogP contribution in [0.3, 0.4) is 0 Å². The Morgan fingerprint density at radius 2 is 2.10 bits per heavy atom. The lowest BCUT2D eigenvalue weighted by Crippen LogP contribution is -2.36. The van der Waals surface area contributed by atoms with Gasteiger partial charge in [0.05, 0.1) is 29.2 Å². The first kappa shape index (κ1) is 19.7. The molecule has 3 aromatic rings. The molecule has 2 aromatic carbocycles. The molecule has 4 rings (SSSR count). The zero-order valence-electron chi connectivity index (χ0n) is 15.7. The first-order chi connectivity index (χ1) is 14.0. The zero-order chi connectivity index (χ0) is 20.5. The number of halogens is 1. The van der Waals surface area contributed by atoms with E-state index in [2.05, 4.69) is 5.16 Å². The van der Waals surface area contributed by atoms with Crippen LogP contribution in [0, 0.1) is 0 Å². The number of nitrogens with zero attached hydrogens (tertiary/aromatic N) is 2. The van der Waals surface area contributed by atoms with Gasteiger partial charge in [-0.25, -0.2) is 0 Å². The number of hydrogen-bond donors (Lipinski definition) is 2. The summed E-state index contributed by atoms with van der Waals surface area (Å²) in [7, 11) is 0. The molecule has 0 unspecified atom stereocenters. The number of amides is 1. The van der Waals surface area contributed by atoms with Gasteiger partial charge in [-0.3, -0.25) is 4.79 Å². The van der Waals surface area contributed by atoms with Crippen LogP contribution in [0.15, 0.2) is 45.8 Å². The molecule has 1 amide bonds. The summed E-state index contributed by atoms with van der Waals surface area (Å²) in [5.41, 5.74) is 2.82. The van der Waals surface area contributed by atoms with Gasteiger partial charge in [0.15, 0.2) is 5.76 Å². The maximum absolute atomic E-state index is 12.9. The number of phenols is 2. The highest BCUT2D eigenvalue weighted by Gasteiger charge is 2.29. The molecule has 1 aliphatic heterocycles. The summed E-state index contributed by atoms with van der Waals surface area (Å²) < 4.78 is 5.46. The van der Waals surface area contributed by atoms with E-state index in [1.807, 2.05) is 30.5 Å². The first-order valence-corrected chi connectivity index (χ1v) is 10.7. The van der Waals surface area contributed by atoms with E-state index in [1.165, 1.54) is 6.07 Å². The second-order valence-corrected chi connectivity index (χ2v) is 8.14. The van der Waals surface area contributed by atoms with Crippen molar-refractivity contribution in [2.75, 3.05) is 12.8 Å². The lowest BCUT2D eigenvalue weighted by Gasteiger charge is -2.26. The van der Waals surface area contributed by atoms with Gasteiger partial charge in [-0.15, -0.1) is 11.8 Å². The van der Waals surface area contributed by atoms with Gasteiger partial charge in [0.2, 0.25) is 5.91 Å². The third kappa shape index (κ3) is 3.93. The highest BCUT2D eigenvalue weighted by Crippen LogP contribution is 2.40. The monoisotopic (exact) mass is 430 g/mol. The van der Waals surface area contributed by atoms with E-state index < -0.39 is 0 Å². The standard InChI is InChI=1S/C21H19ClN2O4S/c1-29-13-4-2-3-12(7-13)8-20(27)24-6-5-17-15(11-24)21(28-23-17)14-9-16(22)19(26)10-18(14)25/h2-4,7,9-10,25-26H,5-6,8,11H2,1H3. The molecule has 1 aliphatic rings. The number of thioether (sulfide) groups is 1. The number of carbonyl (C=O) groups excluding carboxylic acids is 1. The minimum absolute atomic E-state index is 0.0222. The smallest absolute Gasteiger partial charge is 0.227 e. The number of phenolic OH excluding ortho intramolecular Hbond substituents is 2. The number of fused-ring (bicyclic) bond motifs is 1. The fourth-order valence-corrected chi connectivity index (χ4v) is 4.09. The van der Waals surface area contributed by atoms with E-state index >= 15 is 0 Å². The van der Waals surface area contributed by atoms with Crippen molar-refractivity contribution >= 4 is 29.3 Å². The summed E-state index contributed by atoms with van der Waals surface area (Å²) in [6, 6.07) is 10.6. The van der Waals surface area contributed by atoms with E-state index in [-0.39, 0.29) is 22.4 Å². The molecule has 1 aromatic heterocycles. The normalized spacial score (nSPS) is 13.4. The fraction of sp³-hybridized carbons (Fsp3) is 0.238. The number of carbonyl (C=O) groups is 1. The molecule has 0 saturated heterocycles. The molecule has 6 nitrogen and oxygen atoms in total. The second-order valence-electron chi connectivity index (χ2n) is 6.85. The molecule has 2 N–H and O–H groups in total. The van der Waals surface area contributed by atoms with Gasteiger partial charge < -0.3 is 19.6 Å². The van der Waals surface area contributed by atoms with Crippen LogP contribution < -0.4 is 0 Å². The highest BCUT2D eigenvalue weighted by atomic mass is 35.5. The van der Waals surface area contributed by atoms with Crippen molar-refractivity contribution in [3.8, 4) is 22.8 Å². The van der Waals surface area contributed by atoms with Crippen LogP contribution >= 0.6 is 23.4 Å². The minimum Gasteiger partial charge on any atom is -0.507 e. The molecular formula is C21H19ClN2O4S. The van der Waals surface area contributed by atoms with Crippen LogP contribution in [0.5, 0.6) is 11.5 Å². The van der Waals surface area contributed by atoms with Crippen molar-refractivity contribution in [1.82, 2.24) is 10.1 Å². The van der Waals surface area contributed by atoms with E-state index in [0.29, 0.717) is 37.3 Å². The average Bonchev–Trinajstić information content (AvgIpc) is 3.14. The third-order valence-corrected chi connectivity index (χ3v) is 6.02. The quantitative estimate of drug-likeness (QED) is 0.601. The molecule has 0 aliphatic carbocycles. The van der Waals surface area contributed by atoms with Crippen molar-refractivity contribution in [3.63, 3.8) is 0 Å². The molecule has 0 saturated carbocycles. The number of benzene rings is 2. The summed E-state index contributed by atoms with van der Waals surface area (Å²) in [5.74, 6) is 0.00375. The van der Waals surface area contributed by atoms with Crippen molar-refractivity contribution in [2.24, 2.45) is 0 Å². The summed E-state index contributed by atoms with van der Waals surface area (Å²) in [5, 5.41) is 24.1. The summed E-state index contributed by atoms with van der Waals surface area (Å²) in [6.45, 7) is 0.898. The Morgan fingerprint density at radius 3 is 2.90 bits per heavy atom. The van der Waals surface area contributed by atoms with Gasteiger partial charge in [-0.2, -0.15) is 0 Å². The summed E-state index contributed by atoms with van der Waals surface area (Å²) in [6.07, 6.45) is 2.90. The van der Waals surface area contributed by atoms with Crippen LogP contribution in [0.25, 0.3) is 11.3 Å².